The van der Waals surface area contributed by atoms with Crippen molar-refractivity contribution >= 4 is 11.8 Å². The minimum absolute atomic E-state index is 0.0140. The number of benzene rings is 1. The van der Waals surface area contributed by atoms with Crippen molar-refractivity contribution in [3.8, 4) is 0 Å². The van der Waals surface area contributed by atoms with Crippen LogP contribution >= 0.6 is 0 Å². The number of amides is 2. The molecule has 1 aromatic rings. The van der Waals surface area contributed by atoms with Gasteiger partial charge in [0.05, 0.1) is 12.0 Å². The lowest BCUT2D eigenvalue weighted by molar-refractivity contribution is -0.142. The van der Waals surface area contributed by atoms with Gasteiger partial charge in [-0.05, 0) is 30.9 Å². The Balaban J connectivity index is 1.82. The van der Waals surface area contributed by atoms with Crippen molar-refractivity contribution in [3.63, 3.8) is 0 Å². The van der Waals surface area contributed by atoms with E-state index >= 15 is 0 Å². The average Bonchev–Trinajstić information content (AvgIpc) is 2.66. The summed E-state index contributed by atoms with van der Waals surface area (Å²) >= 11 is 0. The highest BCUT2D eigenvalue weighted by Gasteiger charge is 2.51. The van der Waals surface area contributed by atoms with Gasteiger partial charge in [-0.2, -0.15) is 0 Å². The zero-order valence-electron chi connectivity index (χ0n) is 12.0. The smallest absolute Gasteiger partial charge is 0.236 e. The Morgan fingerprint density at radius 3 is 2.50 bits per heavy atom. The van der Waals surface area contributed by atoms with Crippen molar-refractivity contribution in [1.29, 1.82) is 0 Å². The maximum Gasteiger partial charge on any atom is 0.236 e. The van der Waals surface area contributed by atoms with Crippen LogP contribution in [0.2, 0.25) is 0 Å². The van der Waals surface area contributed by atoms with Crippen LogP contribution in [0.25, 0.3) is 0 Å². The zero-order valence-corrected chi connectivity index (χ0v) is 12.0. The first kappa shape index (κ1) is 13.3. The Labute approximate surface area is 120 Å². The van der Waals surface area contributed by atoms with Crippen LogP contribution in [0.5, 0.6) is 0 Å². The molecule has 0 atom stereocenters. The second-order valence-corrected chi connectivity index (χ2v) is 6.23. The number of aryl methyl sites for hydroxylation is 1. The van der Waals surface area contributed by atoms with Crippen molar-refractivity contribution in [2.24, 2.45) is 5.41 Å². The Hall–Kier alpha value is -1.64. The first-order chi connectivity index (χ1) is 9.62. The van der Waals surface area contributed by atoms with Crippen LogP contribution in [0.4, 0.5) is 0 Å². The molecular weight excluding hydrogens is 250 g/mol. The summed E-state index contributed by atoms with van der Waals surface area (Å²) in [6, 6.07) is 7.97. The number of hydrogen-bond donors (Lipinski definition) is 0. The quantitative estimate of drug-likeness (QED) is 0.775. The molecule has 0 aromatic heterocycles. The minimum atomic E-state index is -0.363. The highest BCUT2D eigenvalue weighted by atomic mass is 16.2. The molecule has 3 rings (SSSR count). The summed E-state index contributed by atoms with van der Waals surface area (Å²) in [6.45, 7) is 2.46. The largest absolute Gasteiger partial charge is 0.278 e. The van der Waals surface area contributed by atoms with E-state index in [1.54, 1.807) is 0 Å². The summed E-state index contributed by atoms with van der Waals surface area (Å²) in [6.07, 6.45) is 5.57. The van der Waals surface area contributed by atoms with E-state index in [1.165, 1.54) is 11.3 Å². The van der Waals surface area contributed by atoms with Gasteiger partial charge in [0, 0.05) is 6.42 Å². The molecule has 0 N–H and O–H groups in total. The van der Waals surface area contributed by atoms with Crippen LogP contribution < -0.4 is 0 Å². The van der Waals surface area contributed by atoms with Gasteiger partial charge in [0.2, 0.25) is 11.8 Å². The third kappa shape index (κ3) is 2.15. The first-order valence-corrected chi connectivity index (χ1v) is 7.52. The number of hydrogen-bond acceptors (Lipinski definition) is 2. The molecule has 0 unspecified atom stereocenters. The Kier molecular flexibility index (Phi) is 3.36. The summed E-state index contributed by atoms with van der Waals surface area (Å²) < 4.78 is 0. The molecule has 0 radical (unpaired) electrons. The molecule has 20 heavy (non-hydrogen) atoms. The van der Waals surface area contributed by atoms with E-state index in [1.807, 2.05) is 31.2 Å². The Morgan fingerprint density at radius 1 is 1.10 bits per heavy atom. The lowest BCUT2D eigenvalue weighted by Crippen LogP contribution is -2.36. The molecule has 106 valence electrons. The molecular formula is C17H21NO2. The predicted octanol–water partition coefficient (Wildman–Crippen LogP) is 3.20. The van der Waals surface area contributed by atoms with Crippen molar-refractivity contribution in [1.82, 2.24) is 4.90 Å². The van der Waals surface area contributed by atoms with E-state index in [4.69, 9.17) is 0 Å². The van der Waals surface area contributed by atoms with Crippen LogP contribution in [0.15, 0.2) is 24.3 Å². The predicted molar refractivity (Wildman–Crippen MR) is 76.9 cm³/mol. The molecule has 2 aliphatic rings. The van der Waals surface area contributed by atoms with Crippen LogP contribution in [0.1, 0.15) is 49.7 Å². The van der Waals surface area contributed by atoms with Gasteiger partial charge in [0.1, 0.15) is 0 Å². The minimum Gasteiger partial charge on any atom is -0.278 e. The lowest BCUT2D eigenvalue weighted by atomic mass is 9.73. The number of likely N-dealkylation sites (tertiary alicyclic amines) is 1. The molecule has 2 fully saturated rings. The van der Waals surface area contributed by atoms with E-state index in [0.717, 1.165) is 36.8 Å². The number of carbonyl (C=O) groups is 2. The molecule has 1 aromatic carbocycles. The van der Waals surface area contributed by atoms with Gasteiger partial charge in [0.15, 0.2) is 0 Å². The summed E-state index contributed by atoms with van der Waals surface area (Å²) in [7, 11) is 0. The monoisotopic (exact) mass is 271 g/mol. The summed E-state index contributed by atoms with van der Waals surface area (Å²) in [5.74, 6) is 0.0885. The summed E-state index contributed by atoms with van der Waals surface area (Å²) in [5, 5.41) is 0. The van der Waals surface area contributed by atoms with Crippen molar-refractivity contribution < 1.29 is 9.59 Å². The molecule has 1 aliphatic carbocycles. The molecule has 2 amide bonds. The zero-order chi connectivity index (χ0) is 14.2. The van der Waals surface area contributed by atoms with Crippen molar-refractivity contribution in [3.05, 3.63) is 35.4 Å². The maximum absolute atomic E-state index is 12.7. The van der Waals surface area contributed by atoms with Crippen LogP contribution in [0, 0.1) is 12.3 Å². The van der Waals surface area contributed by atoms with Crippen LogP contribution in [-0.2, 0) is 16.1 Å². The van der Waals surface area contributed by atoms with Crippen LogP contribution in [0.3, 0.4) is 0 Å². The second-order valence-electron chi connectivity index (χ2n) is 6.23. The number of carbonyl (C=O) groups excluding carboxylic acids is 2. The topological polar surface area (TPSA) is 37.4 Å². The Bertz CT molecular complexity index is 544. The average molecular weight is 271 g/mol. The normalized spacial score (nSPS) is 21.8. The molecule has 1 spiro atoms. The van der Waals surface area contributed by atoms with Gasteiger partial charge in [-0.1, -0.05) is 43.5 Å². The van der Waals surface area contributed by atoms with Gasteiger partial charge >= 0.3 is 0 Å². The molecule has 3 heteroatoms. The SMILES string of the molecule is Cc1ccccc1CN1C(=O)CC2(CCCCC2)C1=O. The van der Waals surface area contributed by atoms with Gasteiger partial charge in [0.25, 0.3) is 0 Å². The Morgan fingerprint density at radius 2 is 1.80 bits per heavy atom. The van der Waals surface area contributed by atoms with E-state index < -0.39 is 0 Å². The van der Waals surface area contributed by atoms with E-state index in [0.29, 0.717) is 13.0 Å². The fourth-order valence-electron chi connectivity index (χ4n) is 3.60. The first-order valence-electron chi connectivity index (χ1n) is 7.52. The fraction of sp³-hybridized carbons (Fsp3) is 0.529. The molecule has 3 nitrogen and oxygen atoms in total. The molecule has 1 aliphatic heterocycles. The lowest BCUT2D eigenvalue weighted by Gasteiger charge is -2.30. The standard InChI is InChI=1S/C17H21NO2/c1-13-7-3-4-8-14(13)12-18-15(19)11-17(16(18)20)9-5-2-6-10-17/h3-4,7-8H,2,5-6,9-12H2,1H3. The van der Waals surface area contributed by atoms with E-state index in [-0.39, 0.29) is 17.2 Å². The van der Waals surface area contributed by atoms with Crippen molar-refractivity contribution in [2.75, 3.05) is 0 Å². The van der Waals surface area contributed by atoms with Gasteiger partial charge in [-0.15, -0.1) is 0 Å². The summed E-state index contributed by atoms with van der Waals surface area (Å²) in [5.41, 5.74) is 1.85. The molecule has 1 saturated heterocycles. The number of imide groups is 1. The third-order valence-corrected chi connectivity index (χ3v) is 4.89. The maximum atomic E-state index is 12.7. The van der Waals surface area contributed by atoms with Gasteiger partial charge in [-0.3, -0.25) is 14.5 Å². The highest BCUT2D eigenvalue weighted by Crippen LogP contribution is 2.45. The van der Waals surface area contributed by atoms with Crippen LogP contribution in [-0.4, -0.2) is 16.7 Å². The number of rotatable bonds is 2. The third-order valence-electron chi connectivity index (χ3n) is 4.89. The van der Waals surface area contributed by atoms with Crippen molar-refractivity contribution in [2.45, 2.75) is 52.0 Å². The summed E-state index contributed by atoms with van der Waals surface area (Å²) in [4.78, 5) is 26.5. The van der Waals surface area contributed by atoms with Gasteiger partial charge in [-0.25, -0.2) is 0 Å². The molecule has 0 bridgehead atoms. The second kappa shape index (κ2) is 5.04. The number of nitrogens with zero attached hydrogens (tertiary/aromatic N) is 1. The molecule has 1 heterocycles. The molecule has 1 saturated carbocycles. The fourth-order valence-corrected chi connectivity index (χ4v) is 3.60. The highest BCUT2D eigenvalue weighted by molar-refractivity contribution is 6.05. The van der Waals surface area contributed by atoms with E-state index in [2.05, 4.69) is 0 Å². The van der Waals surface area contributed by atoms with E-state index in [9.17, 15) is 9.59 Å². The van der Waals surface area contributed by atoms with Gasteiger partial charge < -0.3 is 0 Å².